The Morgan fingerprint density at radius 1 is 1.55 bits per heavy atom. The average molecular weight is 278 g/mol. The van der Waals surface area contributed by atoms with Gasteiger partial charge >= 0.3 is 0 Å². The Kier molecular flexibility index (Phi) is 3.98. The van der Waals surface area contributed by atoms with Gasteiger partial charge in [-0.15, -0.1) is 5.10 Å². The summed E-state index contributed by atoms with van der Waals surface area (Å²) in [5.41, 5.74) is 0.409. The van der Waals surface area contributed by atoms with Crippen LogP contribution in [0.5, 0.6) is 0 Å². The molecule has 0 atom stereocenters. The van der Waals surface area contributed by atoms with Gasteiger partial charge in [-0.2, -0.15) is 0 Å². The molecule has 7 nitrogen and oxygen atoms in total. The molecule has 1 aliphatic heterocycles. The van der Waals surface area contributed by atoms with Crippen molar-refractivity contribution < 1.29 is 4.79 Å². The molecule has 0 radical (unpaired) electrons. The second-order valence-electron chi connectivity index (χ2n) is 5.51. The third kappa shape index (κ3) is 2.99. The molecule has 1 saturated heterocycles. The van der Waals surface area contributed by atoms with E-state index in [0.29, 0.717) is 18.3 Å². The Labute approximate surface area is 118 Å². The zero-order chi connectivity index (χ0) is 13.9. The molecule has 2 N–H and O–H groups in total. The number of nitrogens with zero attached hydrogens (tertiary/aromatic N) is 4. The molecule has 3 rings (SSSR count). The van der Waals surface area contributed by atoms with E-state index in [2.05, 4.69) is 32.8 Å². The van der Waals surface area contributed by atoms with E-state index in [0.717, 1.165) is 32.2 Å². The van der Waals surface area contributed by atoms with Gasteiger partial charge in [0.25, 0.3) is 5.91 Å². The van der Waals surface area contributed by atoms with E-state index in [9.17, 15) is 4.79 Å². The van der Waals surface area contributed by atoms with Crippen molar-refractivity contribution in [2.24, 2.45) is 0 Å². The molecule has 110 valence electrons. The van der Waals surface area contributed by atoms with Gasteiger partial charge in [-0.25, -0.2) is 4.68 Å². The molecule has 1 saturated carbocycles. The van der Waals surface area contributed by atoms with Crippen molar-refractivity contribution in [2.45, 2.75) is 31.8 Å². The number of hydrogen-bond acceptors (Lipinski definition) is 5. The molecular formula is C13H22N6O. The number of aromatic nitrogens is 3. The summed E-state index contributed by atoms with van der Waals surface area (Å²) in [6.45, 7) is 6.59. The van der Waals surface area contributed by atoms with Crippen LogP contribution in [0.1, 0.15) is 36.3 Å². The Bertz CT molecular complexity index is 465. The minimum absolute atomic E-state index is 0.129. The second kappa shape index (κ2) is 5.88. The summed E-state index contributed by atoms with van der Waals surface area (Å²) in [6, 6.07) is 1.08. The van der Waals surface area contributed by atoms with Crippen LogP contribution in [-0.4, -0.2) is 64.6 Å². The molecule has 20 heavy (non-hydrogen) atoms. The monoisotopic (exact) mass is 278 g/mol. The predicted octanol–water partition coefficient (Wildman–Crippen LogP) is -0.363. The maximum absolute atomic E-state index is 12.0. The summed E-state index contributed by atoms with van der Waals surface area (Å²) in [5.74, 6) is -0.129. The zero-order valence-electron chi connectivity index (χ0n) is 11.9. The Hall–Kier alpha value is -1.47. The first kappa shape index (κ1) is 13.5. The van der Waals surface area contributed by atoms with E-state index >= 15 is 0 Å². The average Bonchev–Trinajstić information content (AvgIpc) is 3.11. The minimum atomic E-state index is -0.129. The summed E-state index contributed by atoms with van der Waals surface area (Å²) < 4.78 is 1.77. The van der Waals surface area contributed by atoms with Gasteiger partial charge in [-0.3, -0.25) is 9.69 Å². The van der Waals surface area contributed by atoms with Gasteiger partial charge in [0, 0.05) is 32.2 Å². The smallest absolute Gasteiger partial charge is 0.273 e. The van der Waals surface area contributed by atoms with E-state index in [1.165, 1.54) is 12.8 Å². The lowest BCUT2D eigenvalue weighted by atomic mass is 10.2. The van der Waals surface area contributed by atoms with Gasteiger partial charge in [0.1, 0.15) is 0 Å². The largest absolute Gasteiger partial charge is 0.349 e. The fourth-order valence-electron chi connectivity index (χ4n) is 2.46. The fraction of sp³-hybridized carbons (Fsp3) is 0.769. The molecular weight excluding hydrogens is 256 g/mol. The Balaban J connectivity index is 1.44. The molecule has 0 aromatic carbocycles. The molecule has 1 aliphatic carbocycles. The van der Waals surface area contributed by atoms with Gasteiger partial charge in [-0.1, -0.05) is 12.1 Å². The van der Waals surface area contributed by atoms with Gasteiger partial charge < -0.3 is 10.6 Å². The summed E-state index contributed by atoms with van der Waals surface area (Å²) in [6.07, 6.45) is 4.33. The maximum Gasteiger partial charge on any atom is 0.273 e. The first-order chi connectivity index (χ1) is 9.78. The molecule has 1 aromatic heterocycles. The van der Waals surface area contributed by atoms with Crippen LogP contribution in [0.2, 0.25) is 0 Å². The highest BCUT2D eigenvalue weighted by atomic mass is 16.2. The highest BCUT2D eigenvalue weighted by Gasteiger charge is 2.27. The summed E-state index contributed by atoms with van der Waals surface area (Å²) in [5, 5.41) is 14.1. The van der Waals surface area contributed by atoms with Crippen LogP contribution in [0.25, 0.3) is 0 Å². The van der Waals surface area contributed by atoms with Crippen LogP contribution in [0.15, 0.2) is 6.20 Å². The van der Waals surface area contributed by atoms with E-state index in [-0.39, 0.29) is 5.91 Å². The zero-order valence-corrected chi connectivity index (χ0v) is 11.9. The number of carbonyl (C=O) groups is 1. The molecule has 1 aromatic rings. The Morgan fingerprint density at radius 3 is 2.95 bits per heavy atom. The molecule has 2 fully saturated rings. The number of carbonyl (C=O) groups excluding carboxylic acids is 1. The van der Waals surface area contributed by atoms with Gasteiger partial charge in [0.05, 0.1) is 12.2 Å². The maximum atomic E-state index is 12.0. The van der Waals surface area contributed by atoms with Crippen molar-refractivity contribution in [3.8, 4) is 0 Å². The second-order valence-corrected chi connectivity index (χ2v) is 5.51. The fourth-order valence-corrected chi connectivity index (χ4v) is 2.46. The molecule has 7 heteroatoms. The van der Waals surface area contributed by atoms with E-state index in [1.807, 2.05) is 0 Å². The highest BCUT2D eigenvalue weighted by Crippen LogP contribution is 2.25. The lowest BCUT2D eigenvalue weighted by molar-refractivity contribution is 0.0943. The molecule has 2 aliphatic rings. The van der Waals surface area contributed by atoms with Crippen molar-refractivity contribution in [1.29, 1.82) is 0 Å². The quantitative estimate of drug-likeness (QED) is 0.712. The summed E-state index contributed by atoms with van der Waals surface area (Å²) in [4.78, 5) is 14.4. The lowest BCUT2D eigenvalue weighted by Crippen LogP contribution is -2.43. The number of likely N-dealkylation sites (N-methyl/N-ethyl adjacent to an activating group) is 1. The first-order valence-electron chi connectivity index (χ1n) is 7.42. The number of amides is 1. The summed E-state index contributed by atoms with van der Waals surface area (Å²) in [7, 11) is 0. The van der Waals surface area contributed by atoms with Crippen molar-refractivity contribution >= 4 is 5.91 Å². The first-order valence-corrected chi connectivity index (χ1v) is 7.42. The van der Waals surface area contributed by atoms with Crippen molar-refractivity contribution in [3.63, 3.8) is 0 Å². The van der Waals surface area contributed by atoms with Crippen LogP contribution >= 0.6 is 0 Å². The van der Waals surface area contributed by atoms with Crippen LogP contribution in [-0.2, 0) is 0 Å². The minimum Gasteiger partial charge on any atom is -0.349 e. The SMILES string of the molecule is CCN(CCNC(=O)c1cn(C2CNC2)nn1)C1CC1. The molecule has 1 amide bonds. The van der Waals surface area contributed by atoms with Gasteiger partial charge in [-0.05, 0) is 19.4 Å². The molecule has 2 heterocycles. The number of nitrogens with one attached hydrogen (secondary N) is 2. The van der Waals surface area contributed by atoms with Crippen molar-refractivity contribution in [1.82, 2.24) is 30.5 Å². The normalized spacial score (nSPS) is 19.1. The van der Waals surface area contributed by atoms with E-state index < -0.39 is 0 Å². The van der Waals surface area contributed by atoms with Gasteiger partial charge in [0.15, 0.2) is 5.69 Å². The highest BCUT2D eigenvalue weighted by molar-refractivity contribution is 5.91. The Morgan fingerprint density at radius 2 is 2.35 bits per heavy atom. The third-order valence-electron chi connectivity index (χ3n) is 4.03. The molecule has 0 bridgehead atoms. The topological polar surface area (TPSA) is 75.1 Å². The third-order valence-corrected chi connectivity index (χ3v) is 4.03. The number of hydrogen-bond donors (Lipinski definition) is 2. The predicted molar refractivity (Wildman–Crippen MR) is 74.5 cm³/mol. The van der Waals surface area contributed by atoms with E-state index in [1.54, 1.807) is 10.9 Å². The van der Waals surface area contributed by atoms with E-state index in [4.69, 9.17) is 0 Å². The van der Waals surface area contributed by atoms with Gasteiger partial charge in [0.2, 0.25) is 0 Å². The number of rotatable bonds is 7. The standard InChI is InChI=1S/C13H22N6O/c1-2-18(10-3-4-10)6-5-15-13(20)12-9-19(17-16-12)11-7-14-8-11/h9-11,14H,2-8H2,1H3,(H,15,20). The van der Waals surface area contributed by atoms with Crippen LogP contribution < -0.4 is 10.6 Å². The lowest BCUT2D eigenvalue weighted by Gasteiger charge is -2.26. The van der Waals surface area contributed by atoms with Crippen molar-refractivity contribution in [2.75, 3.05) is 32.7 Å². The van der Waals surface area contributed by atoms with Crippen LogP contribution in [0.3, 0.4) is 0 Å². The van der Waals surface area contributed by atoms with Crippen LogP contribution in [0.4, 0.5) is 0 Å². The van der Waals surface area contributed by atoms with Crippen molar-refractivity contribution in [3.05, 3.63) is 11.9 Å². The molecule has 0 spiro atoms. The van der Waals surface area contributed by atoms with Crippen LogP contribution in [0, 0.1) is 0 Å². The summed E-state index contributed by atoms with van der Waals surface area (Å²) >= 11 is 0. The molecule has 0 unspecified atom stereocenters.